The average molecular weight is 1050 g/mol. The summed E-state index contributed by atoms with van der Waals surface area (Å²) in [5, 5.41) is 14.6. The zero-order valence-electron chi connectivity index (χ0n) is 42.8. The molecule has 0 spiro atoms. The van der Waals surface area contributed by atoms with Gasteiger partial charge in [0.2, 0.25) is 0 Å². The molecule has 0 unspecified atom stereocenters. The van der Waals surface area contributed by atoms with Crippen LogP contribution in [-0.4, -0.2) is 73.9 Å². The zero-order chi connectivity index (χ0) is 50.1. The second-order valence-corrected chi connectivity index (χ2v) is 25.9. The normalized spacial score (nSPS) is 17.2. The first-order valence-electron chi connectivity index (χ1n) is 26.7. The van der Waals surface area contributed by atoms with Gasteiger partial charge in [-0.25, -0.2) is 0 Å². The molecule has 13 heteroatoms. The van der Waals surface area contributed by atoms with Gasteiger partial charge in [-0.2, -0.15) is 32.4 Å². The van der Waals surface area contributed by atoms with Crippen molar-refractivity contribution < 1.29 is 34.3 Å². The third kappa shape index (κ3) is 22.2. The van der Waals surface area contributed by atoms with Crippen LogP contribution < -0.4 is 21.9 Å². The van der Waals surface area contributed by atoms with Gasteiger partial charge in [-0.1, -0.05) is 147 Å². The number of hydrogen-bond acceptors (Lipinski definition) is 4. The summed E-state index contributed by atoms with van der Waals surface area (Å²) in [5.74, 6) is 0. The van der Waals surface area contributed by atoms with Crippen LogP contribution in [0.3, 0.4) is 0 Å². The fourth-order valence-corrected chi connectivity index (χ4v) is 19.9. The van der Waals surface area contributed by atoms with Crippen molar-refractivity contribution in [3.8, 4) is 12.1 Å². The van der Waals surface area contributed by atoms with Crippen LogP contribution >= 0.6 is 15.8 Å². The molecule has 0 heterocycles. The van der Waals surface area contributed by atoms with Crippen molar-refractivity contribution in [2.24, 2.45) is 9.98 Å². The Kier molecular flexibility index (Phi) is 31.6. The van der Waals surface area contributed by atoms with Gasteiger partial charge in [-0.15, -0.1) is 0 Å². The van der Waals surface area contributed by atoms with Crippen LogP contribution in [0.2, 0.25) is 0 Å². The minimum atomic E-state index is -6.00. The van der Waals surface area contributed by atoms with Gasteiger partial charge in [0.05, 0.1) is 60.2 Å². The Morgan fingerprint density at radius 2 is 0.634 bits per heavy atom. The number of halogens is 4. The Hall–Kier alpha value is -3.57. The van der Waals surface area contributed by atoms with E-state index in [4.69, 9.17) is 20.5 Å². The maximum atomic E-state index is 9.75. The standard InChI is InChI=1S/C30H54N2P2.C24H20B.2C2H3N.BF4.Fe/c1-5-13-27(14-6-1)33(28-15-7-2-8-16-28)25-23-31-21-22-32-24-26-34(29-17-9-3-10-18-29)30-19-11-4-12-20-30;1-5-13-21(14-6-1)25(22-15-7-2-8-16-22,23-17-9-3-10-18-23)24-19-11-4-12-20-24;2*1-2-3;2-1(3,4)5;/h23-24,27-30H,1-22,25-26H2;1-20H;2*1H3;;/q;-1;;;-1;+2/p+2. The van der Waals surface area contributed by atoms with E-state index in [1.807, 2.05) is 0 Å². The van der Waals surface area contributed by atoms with Crippen molar-refractivity contribution in [2.75, 3.05) is 25.4 Å². The maximum absolute atomic E-state index is 9.75. The van der Waals surface area contributed by atoms with E-state index in [0.717, 1.165) is 35.7 Å². The molecular weight excluding hydrogens is 968 g/mol. The van der Waals surface area contributed by atoms with E-state index in [-0.39, 0.29) is 32.9 Å². The van der Waals surface area contributed by atoms with Crippen molar-refractivity contribution in [3.63, 3.8) is 0 Å². The Morgan fingerprint density at radius 3 is 0.831 bits per heavy atom. The Morgan fingerprint density at radius 1 is 0.437 bits per heavy atom. The summed E-state index contributed by atoms with van der Waals surface area (Å²) in [6.45, 7) is 4.71. The van der Waals surface area contributed by atoms with E-state index in [2.05, 4.69) is 134 Å². The molecule has 0 amide bonds. The summed E-state index contributed by atoms with van der Waals surface area (Å²) < 4.78 is 39.0. The van der Waals surface area contributed by atoms with E-state index in [0.29, 0.717) is 0 Å². The van der Waals surface area contributed by atoms with Crippen molar-refractivity contribution in [2.45, 2.75) is 165 Å². The first-order valence-corrected chi connectivity index (χ1v) is 30.4. The summed E-state index contributed by atoms with van der Waals surface area (Å²) >= 11 is 0. The summed E-state index contributed by atoms with van der Waals surface area (Å²) in [5.41, 5.74) is 9.71. The molecule has 0 radical (unpaired) electrons. The first kappa shape index (κ1) is 61.7. The Balaban J connectivity index is 0.000000315. The molecule has 4 aromatic carbocycles. The molecule has 0 aliphatic heterocycles. The Bertz CT molecular complexity index is 1820. The minimum absolute atomic E-state index is 0. The van der Waals surface area contributed by atoms with Gasteiger partial charge in [0.15, 0.2) is 0 Å². The van der Waals surface area contributed by atoms with Crippen LogP contribution in [-0.2, 0) is 17.1 Å². The molecule has 71 heavy (non-hydrogen) atoms. The second kappa shape index (κ2) is 36.4. The number of hydrogen-bond donors (Lipinski definition) is 0. The average Bonchev–Trinajstić information content (AvgIpc) is 3.40. The molecule has 0 bridgehead atoms. The fourth-order valence-electron chi connectivity index (χ4n) is 12.0. The molecule has 8 rings (SSSR count). The van der Waals surface area contributed by atoms with Crippen molar-refractivity contribution >= 4 is 63.5 Å². The quantitative estimate of drug-likeness (QED) is 0.0391. The molecule has 4 aliphatic rings. The predicted molar refractivity (Wildman–Crippen MR) is 303 cm³/mol. The van der Waals surface area contributed by atoms with Gasteiger partial charge in [-0.3, -0.25) is 9.98 Å². The number of nitriles is 2. The van der Waals surface area contributed by atoms with Crippen LogP contribution in [0.5, 0.6) is 0 Å². The third-order valence-electron chi connectivity index (χ3n) is 15.0. The van der Waals surface area contributed by atoms with E-state index < -0.39 is 13.4 Å². The molecule has 4 fully saturated rings. The van der Waals surface area contributed by atoms with Gasteiger partial charge in [0.25, 0.3) is 0 Å². The van der Waals surface area contributed by atoms with Crippen molar-refractivity contribution in [1.82, 2.24) is 0 Å². The number of rotatable bonds is 15. The van der Waals surface area contributed by atoms with Gasteiger partial charge in [-0.05, 0) is 103 Å². The van der Waals surface area contributed by atoms with E-state index in [1.165, 1.54) is 176 Å². The van der Waals surface area contributed by atoms with Gasteiger partial charge < -0.3 is 17.3 Å². The van der Waals surface area contributed by atoms with Crippen LogP contribution in [0.15, 0.2) is 131 Å². The summed E-state index contributed by atoms with van der Waals surface area (Å²) in [7, 11) is -6.52. The first-order chi connectivity index (χ1) is 34.2. The van der Waals surface area contributed by atoms with Crippen LogP contribution in [0.1, 0.15) is 142 Å². The third-order valence-corrected chi connectivity index (χ3v) is 22.8. The molecule has 4 aliphatic carbocycles. The molecule has 4 aromatic rings. The van der Waals surface area contributed by atoms with Crippen molar-refractivity contribution in [3.05, 3.63) is 121 Å². The van der Waals surface area contributed by atoms with Crippen LogP contribution in [0.4, 0.5) is 17.3 Å². The predicted octanol–water partition coefficient (Wildman–Crippen LogP) is 14.3. The van der Waals surface area contributed by atoms with E-state index >= 15 is 0 Å². The SMILES string of the molecule is C(C[PH+](C1CCCCC1)C1CCCCC1)=NCCN=CC[PH+](C1CCCCC1)C1CCCCC1.CC#N.CC#N.F[B-](F)(F)F.[Fe+2].c1ccc([B-](c2ccccc2)(c2ccccc2)c2ccccc2)cc1. The smallest absolute Gasteiger partial charge is 0.418 e. The summed E-state index contributed by atoms with van der Waals surface area (Å²) in [6, 6.07) is 47.0. The number of nitrogens with zero attached hydrogens (tertiary/aromatic N) is 4. The summed E-state index contributed by atoms with van der Waals surface area (Å²) in [6.07, 6.45) is 36.5. The minimum Gasteiger partial charge on any atom is -0.418 e. The van der Waals surface area contributed by atoms with Crippen LogP contribution in [0.25, 0.3) is 0 Å². The van der Waals surface area contributed by atoms with Gasteiger partial charge in [0.1, 0.15) is 6.15 Å². The number of aliphatic imine (C=N–C) groups is 2. The maximum Gasteiger partial charge on any atom is 2.00 e. The van der Waals surface area contributed by atoms with Crippen LogP contribution in [0, 0.1) is 22.7 Å². The number of benzene rings is 4. The van der Waals surface area contributed by atoms with E-state index in [1.54, 1.807) is 12.1 Å². The molecule has 0 saturated heterocycles. The molecule has 4 nitrogen and oxygen atoms in total. The molecule has 0 N–H and O–H groups in total. The molecular formula is C58H82B2F4FeN4P2+2. The fraction of sp³-hybridized carbons (Fsp3) is 0.517. The van der Waals surface area contributed by atoms with Gasteiger partial charge >= 0.3 is 24.3 Å². The van der Waals surface area contributed by atoms with Gasteiger partial charge in [0, 0.05) is 42.1 Å². The molecule has 384 valence electrons. The molecule has 0 atom stereocenters. The van der Waals surface area contributed by atoms with E-state index in [9.17, 15) is 17.3 Å². The zero-order valence-corrected chi connectivity index (χ0v) is 45.9. The molecule has 4 saturated carbocycles. The summed E-state index contributed by atoms with van der Waals surface area (Å²) in [4.78, 5) is 9.78. The monoisotopic (exact) mass is 1050 g/mol. The molecule has 0 aromatic heterocycles. The topological polar surface area (TPSA) is 72.3 Å². The Labute approximate surface area is 439 Å². The largest absolute Gasteiger partial charge is 2.00 e. The van der Waals surface area contributed by atoms with Crippen molar-refractivity contribution in [1.29, 1.82) is 10.5 Å². The second-order valence-electron chi connectivity index (χ2n) is 19.5.